The van der Waals surface area contributed by atoms with Crippen molar-refractivity contribution in [3.05, 3.63) is 58.4 Å². The van der Waals surface area contributed by atoms with E-state index in [0.717, 1.165) is 34.8 Å². The molecular formula is C24H31N3O3. The minimum atomic E-state index is -0.383. The van der Waals surface area contributed by atoms with Gasteiger partial charge in [-0.05, 0) is 55.2 Å². The van der Waals surface area contributed by atoms with Crippen LogP contribution >= 0.6 is 0 Å². The summed E-state index contributed by atoms with van der Waals surface area (Å²) in [4.78, 5) is 12.5. The van der Waals surface area contributed by atoms with Crippen LogP contribution in [0.25, 0.3) is 6.08 Å². The maximum atomic E-state index is 12.5. The summed E-state index contributed by atoms with van der Waals surface area (Å²) >= 11 is 0. The average molecular weight is 410 g/mol. The molecule has 0 spiro atoms. The first-order chi connectivity index (χ1) is 14.3. The molecule has 1 heterocycles. The Hall–Kier alpha value is -3.04. The van der Waals surface area contributed by atoms with Crippen LogP contribution in [0.15, 0.2) is 35.9 Å². The fraction of sp³-hybridized carbons (Fsp3) is 0.417. The van der Waals surface area contributed by atoms with Gasteiger partial charge in [0.25, 0.3) is 5.91 Å². The molecule has 30 heavy (non-hydrogen) atoms. The molecule has 0 unspecified atom stereocenters. The van der Waals surface area contributed by atoms with Gasteiger partial charge >= 0.3 is 0 Å². The number of aromatic nitrogens is 1. The van der Waals surface area contributed by atoms with Gasteiger partial charge in [-0.15, -0.1) is 0 Å². The van der Waals surface area contributed by atoms with Crippen LogP contribution in [0.1, 0.15) is 36.4 Å². The molecule has 1 aromatic carbocycles. The van der Waals surface area contributed by atoms with Gasteiger partial charge in [-0.25, -0.2) is 0 Å². The summed E-state index contributed by atoms with van der Waals surface area (Å²) in [5.41, 5.74) is 4.11. The summed E-state index contributed by atoms with van der Waals surface area (Å²) < 4.78 is 12.7. The zero-order valence-electron chi connectivity index (χ0n) is 18.5. The van der Waals surface area contributed by atoms with Crippen molar-refractivity contribution in [2.45, 2.75) is 40.8 Å². The SMILES string of the molecule is COCCOc1ccc(CNC(=O)/C(C#N)=C/c2cc(C)n(CC(C)C)c2C)cc1. The number of nitrogens with one attached hydrogen (secondary N) is 1. The van der Waals surface area contributed by atoms with Gasteiger partial charge in [0.15, 0.2) is 0 Å². The van der Waals surface area contributed by atoms with Crippen LogP contribution in [0.5, 0.6) is 5.75 Å². The number of nitrogens with zero attached hydrogens (tertiary/aromatic N) is 2. The largest absolute Gasteiger partial charge is 0.491 e. The minimum Gasteiger partial charge on any atom is -0.491 e. The maximum absolute atomic E-state index is 12.5. The second-order valence-electron chi connectivity index (χ2n) is 7.67. The second-order valence-corrected chi connectivity index (χ2v) is 7.67. The van der Waals surface area contributed by atoms with Gasteiger partial charge < -0.3 is 19.4 Å². The van der Waals surface area contributed by atoms with E-state index in [9.17, 15) is 10.1 Å². The minimum absolute atomic E-state index is 0.0966. The van der Waals surface area contributed by atoms with E-state index in [-0.39, 0.29) is 11.5 Å². The van der Waals surface area contributed by atoms with E-state index in [1.54, 1.807) is 13.2 Å². The molecule has 0 aliphatic carbocycles. The first-order valence-electron chi connectivity index (χ1n) is 10.1. The molecule has 0 bridgehead atoms. The van der Waals surface area contributed by atoms with Crippen LogP contribution < -0.4 is 10.1 Å². The highest BCUT2D eigenvalue weighted by atomic mass is 16.5. The number of nitriles is 1. The quantitative estimate of drug-likeness (QED) is 0.365. The van der Waals surface area contributed by atoms with Crippen molar-refractivity contribution in [2.24, 2.45) is 5.92 Å². The Bertz CT molecular complexity index is 918. The van der Waals surface area contributed by atoms with E-state index >= 15 is 0 Å². The summed E-state index contributed by atoms with van der Waals surface area (Å²) in [5, 5.41) is 12.3. The topological polar surface area (TPSA) is 76.3 Å². The Morgan fingerprint density at radius 3 is 2.53 bits per heavy atom. The molecule has 0 aliphatic heterocycles. The van der Waals surface area contributed by atoms with Crippen LogP contribution in [0, 0.1) is 31.1 Å². The Morgan fingerprint density at radius 2 is 1.93 bits per heavy atom. The molecule has 0 radical (unpaired) electrons. The Labute approximate surface area is 179 Å². The molecule has 6 heteroatoms. The van der Waals surface area contributed by atoms with Gasteiger partial charge in [0.05, 0.1) is 6.61 Å². The third kappa shape index (κ3) is 6.50. The first-order valence-corrected chi connectivity index (χ1v) is 10.1. The number of rotatable bonds is 10. The highest BCUT2D eigenvalue weighted by Gasteiger charge is 2.13. The van der Waals surface area contributed by atoms with Crippen LogP contribution in [-0.4, -0.2) is 30.8 Å². The molecule has 160 valence electrons. The summed E-state index contributed by atoms with van der Waals surface area (Å²) in [7, 11) is 1.63. The molecule has 1 amide bonds. The average Bonchev–Trinajstić information content (AvgIpc) is 2.98. The first kappa shape index (κ1) is 23.2. The fourth-order valence-electron chi connectivity index (χ4n) is 3.15. The molecule has 0 aliphatic rings. The number of hydrogen-bond acceptors (Lipinski definition) is 4. The molecule has 6 nitrogen and oxygen atoms in total. The van der Waals surface area contributed by atoms with Crippen molar-refractivity contribution in [3.8, 4) is 11.8 Å². The molecule has 2 aromatic rings. The zero-order valence-corrected chi connectivity index (χ0v) is 18.5. The molecule has 1 N–H and O–H groups in total. The van der Waals surface area contributed by atoms with E-state index in [1.807, 2.05) is 50.2 Å². The van der Waals surface area contributed by atoms with Crippen LogP contribution in [0.3, 0.4) is 0 Å². The van der Waals surface area contributed by atoms with Crippen molar-refractivity contribution < 1.29 is 14.3 Å². The van der Waals surface area contributed by atoms with E-state index in [4.69, 9.17) is 9.47 Å². The smallest absolute Gasteiger partial charge is 0.262 e. The number of methoxy groups -OCH3 is 1. The van der Waals surface area contributed by atoms with Crippen molar-refractivity contribution in [1.29, 1.82) is 5.26 Å². The Morgan fingerprint density at radius 1 is 1.23 bits per heavy atom. The Balaban J connectivity index is 2.02. The highest BCUT2D eigenvalue weighted by Crippen LogP contribution is 2.20. The number of aryl methyl sites for hydroxylation is 1. The monoisotopic (exact) mass is 409 g/mol. The van der Waals surface area contributed by atoms with Crippen molar-refractivity contribution in [1.82, 2.24) is 9.88 Å². The zero-order chi connectivity index (χ0) is 22.1. The van der Waals surface area contributed by atoms with Gasteiger partial charge in [-0.3, -0.25) is 4.79 Å². The number of hydrogen-bond donors (Lipinski definition) is 1. The van der Waals surface area contributed by atoms with Gasteiger partial charge in [0.1, 0.15) is 24.0 Å². The molecule has 0 saturated heterocycles. The molecule has 0 atom stereocenters. The van der Waals surface area contributed by atoms with Crippen LogP contribution in [0.4, 0.5) is 0 Å². The maximum Gasteiger partial charge on any atom is 0.262 e. The second kappa shape index (κ2) is 11.2. The summed E-state index contributed by atoms with van der Waals surface area (Å²) in [6.07, 6.45) is 1.67. The predicted octanol–water partition coefficient (Wildman–Crippen LogP) is 4.01. The lowest BCUT2D eigenvalue weighted by Gasteiger charge is -2.12. The van der Waals surface area contributed by atoms with Gasteiger partial charge in [0, 0.05) is 31.6 Å². The number of amides is 1. The summed E-state index contributed by atoms with van der Waals surface area (Å²) in [6.45, 7) is 10.7. The molecular weight excluding hydrogens is 378 g/mol. The van der Waals surface area contributed by atoms with Gasteiger partial charge in [-0.1, -0.05) is 26.0 Å². The predicted molar refractivity (Wildman–Crippen MR) is 118 cm³/mol. The molecule has 1 aromatic heterocycles. The number of carbonyl (C=O) groups excluding carboxylic acids is 1. The van der Waals surface area contributed by atoms with E-state index < -0.39 is 0 Å². The third-order valence-electron chi connectivity index (χ3n) is 4.76. The number of benzene rings is 1. The normalized spacial score (nSPS) is 11.4. The van der Waals surface area contributed by atoms with E-state index in [1.165, 1.54) is 0 Å². The standard InChI is InChI=1S/C24H31N3O3/c1-17(2)16-27-18(3)12-21(19(27)4)13-22(14-25)24(28)26-15-20-6-8-23(9-7-20)30-11-10-29-5/h6-9,12-13,17H,10-11,15-16H2,1-5H3,(H,26,28)/b22-13+. The number of ether oxygens (including phenoxy) is 2. The van der Waals surface area contributed by atoms with Crippen molar-refractivity contribution in [2.75, 3.05) is 20.3 Å². The third-order valence-corrected chi connectivity index (χ3v) is 4.76. The fourth-order valence-corrected chi connectivity index (χ4v) is 3.15. The summed E-state index contributed by atoms with van der Waals surface area (Å²) in [5.74, 6) is 0.880. The Kier molecular flexibility index (Phi) is 8.70. The van der Waals surface area contributed by atoms with Gasteiger partial charge in [-0.2, -0.15) is 5.26 Å². The lowest BCUT2D eigenvalue weighted by atomic mass is 10.1. The molecule has 0 saturated carbocycles. The summed E-state index contributed by atoms with van der Waals surface area (Å²) in [6, 6.07) is 11.5. The number of carbonyl (C=O) groups is 1. The van der Waals surface area contributed by atoms with Crippen LogP contribution in [-0.2, 0) is 22.6 Å². The lowest BCUT2D eigenvalue weighted by Crippen LogP contribution is -2.23. The van der Waals surface area contributed by atoms with Crippen LogP contribution in [0.2, 0.25) is 0 Å². The van der Waals surface area contributed by atoms with E-state index in [0.29, 0.717) is 25.7 Å². The lowest BCUT2D eigenvalue weighted by molar-refractivity contribution is -0.117. The highest BCUT2D eigenvalue weighted by molar-refractivity contribution is 6.01. The van der Waals surface area contributed by atoms with Crippen molar-refractivity contribution in [3.63, 3.8) is 0 Å². The molecule has 2 rings (SSSR count). The van der Waals surface area contributed by atoms with Crippen molar-refractivity contribution >= 4 is 12.0 Å². The van der Waals surface area contributed by atoms with E-state index in [2.05, 4.69) is 23.7 Å². The van der Waals surface area contributed by atoms with Gasteiger partial charge in [0.2, 0.25) is 0 Å². The molecule has 0 fully saturated rings.